The van der Waals surface area contributed by atoms with Gasteiger partial charge in [0.05, 0.1) is 5.69 Å². The van der Waals surface area contributed by atoms with Gasteiger partial charge in [-0.1, -0.05) is 0 Å². The highest BCUT2D eigenvalue weighted by molar-refractivity contribution is 5.95. The van der Waals surface area contributed by atoms with Crippen LogP contribution in [0.4, 0.5) is 0 Å². The first-order chi connectivity index (χ1) is 9.40. The Morgan fingerprint density at radius 3 is 2.60 bits per heavy atom. The van der Waals surface area contributed by atoms with Crippen LogP contribution in [0, 0.1) is 20.8 Å². The lowest BCUT2D eigenvalue weighted by atomic mass is 10.1. The summed E-state index contributed by atoms with van der Waals surface area (Å²) in [6, 6.07) is 4.72. The minimum Gasteiger partial charge on any atom is -0.508 e. The maximum absolute atomic E-state index is 12.2. The Hall–Kier alpha value is -2.30. The first-order valence-electron chi connectivity index (χ1n) is 6.47. The molecule has 2 rings (SSSR count). The number of aromatic nitrogens is 2. The van der Waals surface area contributed by atoms with E-state index >= 15 is 0 Å². The smallest absolute Gasteiger partial charge is 0.251 e. The van der Waals surface area contributed by atoms with Crippen molar-refractivity contribution < 1.29 is 9.90 Å². The third-order valence-corrected chi connectivity index (χ3v) is 3.54. The Kier molecular flexibility index (Phi) is 3.79. The highest BCUT2D eigenvalue weighted by Gasteiger charge is 2.13. The Morgan fingerprint density at radius 1 is 1.35 bits per heavy atom. The van der Waals surface area contributed by atoms with Crippen LogP contribution < -0.4 is 5.32 Å². The fourth-order valence-electron chi connectivity index (χ4n) is 2.24. The number of phenols is 1. The van der Waals surface area contributed by atoms with Crippen LogP contribution in [0.1, 0.15) is 32.9 Å². The molecular formula is C15H19N3O2. The molecule has 2 N–H and O–H groups in total. The number of carbonyl (C=O) groups excluding carboxylic acids is 1. The van der Waals surface area contributed by atoms with Crippen molar-refractivity contribution in [2.75, 3.05) is 0 Å². The molecule has 0 aliphatic heterocycles. The van der Waals surface area contributed by atoms with E-state index in [4.69, 9.17) is 0 Å². The summed E-state index contributed by atoms with van der Waals surface area (Å²) in [6.07, 6.45) is 0. The van der Waals surface area contributed by atoms with Gasteiger partial charge in [-0.25, -0.2) is 0 Å². The lowest BCUT2D eigenvalue weighted by Crippen LogP contribution is -2.24. The second kappa shape index (κ2) is 5.36. The van der Waals surface area contributed by atoms with E-state index in [9.17, 15) is 9.90 Å². The summed E-state index contributed by atoms with van der Waals surface area (Å²) >= 11 is 0. The topological polar surface area (TPSA) is 67.2 Å². The first-order valence-corrected chi connectivity index (χ1v) is 6.47. The van der Waals surface area contributed by atoms with E-state index in [-0.39, 0.29) is 11.7 Å². The van der Waals surface area contributed by atoms with Gasteiger partial charge < -0.3 is 10.4 Å². The molecule has 1 amide bonds. The molecule has 5 heteroatoms. The van der Waals surface area contributed by atoms with Crippen molar-refractivity contribution in [3.63, 3.8) is 0 Å². The molecule has 20 heavy (non-hydrogen) atoms. The predicted octanol–water partition coefficient (Wildman–Crippen LogP) is 1.98. The number of carbonyl (C=O) groups is 1. The number of rotatable bonds is 3. The van der Waals surface area contributed by atoms with E-state index in [1.165, 1.54) is 6.07 Å². The summed E-state index contributed by atoms with van der Waals surface area (Å²) in [5, 5.41) is 16.6. The summed E-state index contributed by atoms with van der Waals surface area (Å²) in [6.45, 7) is 6.16. The molecule has 0 fully saturated rings. The molecule has 0 bridgehead atoms. The van der Waals surface area contributed by atoms with Crippen LogP contribution in [0.5, 0.6) is 5.75 Å². The van der Waals surface area contributed by atoms with Gasteiger partial charge >= 0.3 is 0 Å². The largest absolute Gasteiger partial charge is 0.508 e. The molecular weight excluding hydrogens is 254 g/mol. The average molecular weight is 273 g/mol. The summed E-state index contributed by atoms with van der Waals surface area (Å²) in [7, 11) is 1.89. The van der Waals surface area contributed by atoms with Crippen LogP contribution in [0.2, 0.25) is 0 Å². The van der Waals surface area contributed by atoms with Crippen molar-refractivity contribution in [3.8, 4) is 5.75 Å². The summed E-state index contributed by atoms with van der Waals surface area (Å²) in [5.74, 6) is 0.0168. The number of nitrogens with one attached hydrogen (secondary N) is 1. The Bertz CT molecular complexity index is 659. The van der Waals surface area contributed by atoms with E-state index < -0.39 is 0 Å². The molecule has 0 saturated heterocycles. The van der Waals surface area contributed by atoms with Crippen LogP contribution in [-0.2, 0) is 13.6 Å². The highest BCUT2D eigenvalue weighted by atomic mass is 16.3. The van der Waals surface area contributed by atoms with Crippen molar-refractivity contribution in [1.29, 1.82) is 0 Å². The summed E-state index contributed by atoms with van der Waals surface area (Å²) in [5.41, 5.74) is 4.33. The minimum atomic E-state index is -0.148. The summed E-state index contributed by atoms with van der Waals surface area (Å²) < 4.78 is 1.81. The van der Waals surface area contributed by atoms with Crippen LogP contribution in [0.15, 0.2) is 18.2 Å². The SMILES string of the molecule is Cc1cc(O)ccc1C(=O)NCc1c(C)nn(C)c1C. The molecule has 0 atom stereocenters. The number of hydrogen-bond acceptors (Lipinski definition) is 3. The normalized spacial score (nSPS) is 10.6. The number of hydrogen-bond donors (Lipinski definition) is 2. The second-order valence-electron chi connectivity index (χ2n) is 4.95. The van der Waals surface area contributed by atoms with Crippen LogP contribution >= 0.6 is 0 Å². The number of amides is 1. The number of aromatic hydroxyl groups is 1. The monoisotopic (exact) mass is 273 g/mol. The predicted molar refractivity (Wildman–Crippen MR) is 76.7 cm³/mol. The lowest BCUT2D eigenvalue weighted by molar-refractivity contribution is 0.0950. The number of aryl methyl sites for hydroxylation is 3. The van der Waals surface area contributed by atoms with Crippen molar-refractivity contribution in [3.05, 3.63) is 46.3 Å². The van der Waals surface area contributed by atoms with Crippen LogP contribution in [0.3, 0.4) is 0 Å². The van der Waals surface area contributed by atoms with E-state index in [1.54, 1.807) is 19.1 Å². The molecule has 0 aliphatic rings. The Labute approximate surface area is 118 Å². The fourth-order valence-corrected chi connectivity index (χ4v) is 2.24. The third kappa shape index (κ3) is 2.66. The number of phenolic OH excluding ortho intramolecular Hbond substituents is 1. The van der Waals surface area contributed by atoms with Gasteiger partial charge in [0.1, 0.15) is 5.75 Å². The zero-order valence-corrected chi connectivity index (χ0v) is 12.2. The van der Waals surface area contributed by atoms with Gasteiger partial charge in [0.2, 0.25) is 0 Å². The molecule has 1 heterocycles. The van der Waals surface area contributed by atoms with Gasteiger partial charge in [-0.3, -0.25) is 9.48 Å². The molecule has 0 saturated carbocycles. The average Bonchev–Trinajstić information content (AvgIpc) is 2.61. The maximum atomic E-state index is 12.2. The number of nitrogens with zero attached hydrogens (tertiary/aromatic N) is 2. The van der Waals surface area contributed by atoms with Gasteiger partial charge in [0.25, 0.3) is 5.91 Å². The van der Waals surface area contributed by atoms with Gasteiger partial charge in [0.15, 0.2) is 0 Å². The molecule has 1 aromatic carbocycles. The van der Waals surface area contributed by atoms with E-state index in [0.29, 0.717) is 12.1 Å². The standard InChI is InChI=1S/C15H19N3O2/c1-9-7-12(19)5-6-13(9)15(20)16-8-14-10(2)17-18(4)11(14)3/h5-7,19H,8H2,1-4H3,(H,16,20). The highest BCUT2D eigenvalue weighted by Crippen LogP contribution is 2.16. The zero-order valence-electron chi connectivity index (χ0n) is 12.2. The van der Waals surface area contributed by atoms with Crippen molar-refractivity contribution in [1.82, 2.24) is 15.1 Å². The van der Waals surface area contributed by atoms with Gasteiger partial charge in [-0.2, -0.15) is 5.10 Å². The van der Waals surface area contributed by atoms with E-state index in [1.807, 2.05) is 25.6 Å². The van der Waals surface area contributed by atoms with Gasteiger partial charge in [0, 0.05) is 30.4 Å². The molecule has 5 nitrogen and oxygen atoms in total. The fraction of sp³-hybridized carbons (Fsp3) is 0.333. The van der Waals surface area contributed by atoms with Gasteiger partial charge in [-0.05, 0) is 44.5 Å². The molecule has 0 unspecified atom stereocenters. The summed E-state index contributed by atoms with van der Waals surface area (Å²) in [4.78, 5) is 12.2. The molecule has 2 aromatic rings. The second-order valence-corrected chi connectivity index (χ2v) is 4.95. The Morgan fingerprint density at radius 2 is 2.05 bits per heavy atom. The van der Waals surface area contributed by atoms with Crippen molar-refractivity contribution >= 4 is 5.91 Å². The molecule has 0 aliphatic carbocycles. The van der Waals surface area contributed by atoms with Crippen LogP contribution in [0.25, 0.3) is 0 Å². The first kappa shape index (κ1) is 14.1. The molecule has 0 spiro atoms. The van der Waals surface area contributed by atoms with Crippen molar-refractivity contribution in [2.24, 2.45) is 7.05 Å². The van der Waals surface area contributed by atoms with Crippen molar-refractivity contribution in [2.45, 2.75) is 27.3 Å². The molecule has 1 aromatic heterocycles. The van der Waals surface area contributed by atoms with Crippen LogP contribution in [-0.4, -0.2) is 20.8 Å². The van der Waals surface area contributed by atoms with E-state index in [2.05, 4.69) is 10.4 Å². The Balaban J connectivity index is 2.12. The third-order valence-electron chi connectivity index (χ3n) is 3.54. The quantitative estimate of drug-likeness (QED) is 0.898. The molecule has 0 radical (unpaired) electrons. The lowest BCUT2D eigenvalue weighted by Gasteiger charge is -2.08. The molecule has 106 valence electrons. The number of benzene rings is 1. The zero-order chi connectivity index (χ0) is 14.9. The van der Waals surface area contributed by atoms with E-state index in [0.717, 1.165) is 22.5 Å². The minimum absolute atomic E-state index is 0.148. The maximum Gasteiger partial charge on any atom is 0.251 e. The van der Waals surface area contributed by atoms with Gasteiger partial charge in [-0.15, -0.1) is 0 Å².